The highest BCUT2D eigenvalue weighted by molar-refractivity contribution is 7.18. The molecule has 2 heterocycles. The van der Waals surface area contributed by atoms with Gasteiger partial charge >= 0.3 is 0 Å². The van der Waals surface area contributed by atoms with Crippen LogP contribution in [-0.2, 0) is 24.2 Å². The Morgan fingerprint density at radius 1 is 1.20 bits per heavy atom. The van der Waals surface area contributed by atoms with Crippen LogP contribution in [-0.4, -0.2) is 33.4 Å². The molecule has 25 heavy (non-hydrogen) atoms. The summed E-state index contributed by atoms with van der Waals surface area (Å²) in [4.78, 5) is 34.5. The maximum atomic E-state index is 13.1. The average Bonchev–Trinajstić information content (AvgIpc) is 2.96. The maximum absolute atomic E-state index is 13.1. The number of rotatable bonds is 6. The summed E-state index contributed by atoms with van der Waals surface area (Å²) in [5.74, 6) is 0.650. The van der Waals surface area contributed by atoms with Crippen molar-refractivity contribution in [3.63, 3.8) is 0 Å². The van der Waals surface area contributed by atoms with Crippen molar-refractivity contribution in [2.24, 2.45) is 0 Å². The molecule has 5 nitrogen and oxygen atoms in total. The third-order valence-corrected chi connectivity index (χ3v) is 6.08. The van der Waals surface area contributed by atoms with E-state index in [0.717, 1.165) is 55.4 Å². The van der Waals surface area contributed by atoms with E-state index < -0.39 is 0 Å². The number of aryl methyl sites for hydroxylation is 3. The van der Waals surface area contributed by atoms with Gasteiger partial charge < -0.3 is 4.90 Å². The molecule has 1 amide bonds. The Kier molecular flexibility index (Phi) is 5.57. The second-order valence-corrected chi connectivity index (χ2v) is 7.91. The molecule has 0 atom stereocenters. The first-order chi connectivity index (χ1) is 12.1. The van der Waals surface area contributed by atoms with Gasteiger partial charge in [-0.2, -0.15) is 0 Å². The monoisotopic (exact) mass is 361 g/mol. The zero-order valence-electron chi connectivity index (χ0n) is 15.4. The summed E-state index contributed by atoms with van der Waals surface area (Å²) in [7, 11) is 0. The van der Waals surface area contributed by atoms with Gasteiger partial charge in [0.25, 0.3) is 5.56 Å². The van der Waals surface area contributed by atoms with E-state index >= 15 is 0 Å². The van der Waals surface area contributed by atoms with Crippen LogP contribution in [0.5, 0.6) is 0 Å². The number of carbonyl (C=O) groups is 1. The van der Waals surface area contributed by atoms with Crippen LogP contribution in [0.4, 0.5) is 0 Å². The predicted molar refractivity (Wildman–Crippen MR) is 102 cm³/mol. The summed E-state index contributed by atoms with van der Waals surface area (Å²) in [5, 5.41) is 0.760. The predicted octanol–water partition coefficient (Wildman–Crippen LogP) is 3.29. The molecule has 0 bridgehead atoms. The fourth-order valence-corrected chi connectivity index (χ4v) is 4.96. The number of hydrogen-bond donors (Lipinski definition) is 0. The topological polar surface area (TPSA) is 55.2 Å². The van der Waals surface area contributed by atoms with E-state index in [1.54, 1.807) is 15.9 Å². The molecule has 0 unspecified atom stereocenters. The molecule has 1 aliphatic carbocycles. The van der Waals surface area contributed by atoms with E-state index in [2.05, 4.69) is 18.8 Å². The molecule has 0 aliphatic heterocycles. The Balaban J connectivity index is 1.98. The highest BCUT2D eigenvalue weighted by Crippen LogP contribution is 2.33. The molecule has 0 N–H and O–H groups in total. The van der Waals surface area contributed by atoms with Gasteiger partial charge in [-0.05, 0) is 51.0 Å². The average molecular weight is 362 g/mol. The summed E-state index contributed by atoms with van der Waals surface area (Å²) < 4.78 is 1.57. The number of nitrogens with zero attached hydrogens (tertiary/aromatic N) is 3. The van der Waals surface area contributed by atoms with Gasteiger partial charge in [0.2, 0.25) is 5.91 Å². The molecule has 2 aromatic heterocycles. The minimum Gasteiger partial charge on any atom is -0.341 e. The van der Waals surface area contributed by atoms with Gasteiger partial charge in [-0.3, -0.25) is 14.2 Å². The second kappa shape index (κ2) is 7.68. The quantitative estimate of drug-likeness (QED) is 0.793. The van der Waals surface area contributed by atoms with Crippen LogP contribution in [0.15, 0.2) is 4.79 Å². The van der Waals surface area contributed by atoms with E-state index in [1.165, 1.54) is 16.9 Å². The Morgan fingerprint density at radius 3 is 2.56 bits per heavy atom. The molecular weight excluding hydrogens is 334 g/mol. The molecule has 1 aliphatic rings. The SMILES string of the molecule is CCCN(CCC)C(=O)Cn1c(C)nc2sc3c(c2c1=O)CCCC3. The first kappa shape index (κ1) is 18.1. The molecule has 0 saturated carbocycles. The van der Waals surface area contributed by atoms with Crippen LogP contribution in [0.2, 0.25) is 0 Å². The fraction of sp³-hybridized carbons (Fsp3) is 0.632. The number of thiophene rings is 1. The van der Waals surface area contributed by atoms with E-state index in [0.29, 0.717) is 5.82 Å². The summed E-state index contributed by atoms with van der Waals surface area (Å²) in [6.07, 6.45) is 6.18. The summed E-state index contributed by atoms with van der Waals surface area (Å²) >= 11 is 1.66. The van der Waals surface area contributed by atoms with E-state index in [-0.39, 0.29) is 18.0 Å². The summed E-state index contributed by atoms with van der Waals surface area (Å²) in [5.41, 5.74) is 1.15. The minimum atomic E-state index is -0.0387. The van der Waals surface area contributed by atoms with Gasteiger partial charge in [0.15, 0.2) is 0 Å². The zero-order chi connectivity index (χ0) is 18.0. The standard InChI is InChI=1S/C19H27N3O2S/c1-4-10-21(11-5-2)16(23)12-22-13(3)20-18-17(19(22)24)14-8-6-7-9-15(14)25-18/h4-12H2,1-3H3. The Labute approximate surface area is 152 Å². The van der Waals surface area contributed by atoms with Gasteiger partial charge in [0, 0.05) is 18.0 Å². The number of hydrogen-bond acceptors (Lipinski definition) is 4. The van der Waals surface area contributed by atoms with E-state index in [9.17, 15) is 9.59 Å². The van der Waals surface area contributed by atoms with Crippen molar-refractivity contribution in [3.8, 4) is 0 Å². The highest BCUT2D eigenvalue weighted by atomic mass is 32.1. The normalized spacial score (nSPS) is 13.9. The van der Waals surface area contributed by atoms with Crippen LogP contribution in [0, 0.1) is 6.92 Å². The molecular formula is C19H27N3O2S. The Hall–Kier alpha value is -1.69. The largest absolute Gasteiger partial charge is 0.341 e. The molecule has 0 aromatic carbocycles. The third kappa shape index (κ3) is 3.50. The lowest BCUT2D eigenvalue weighted by atomic mass is 9.97. The second-order valence-electron chi connectivity index (χ2n) is 6.82. The van der Waals surface area contributed by atoms with Crippen molar-refractivity contribution in [2.75, 3.05) is 13.1 Å². The lowest BCUT2D eigenvalue weighted by Gasteiger charge is -2.22. The van der Waals surface area contributed by atoms with Crippen LogP contribution in [0.1, 0.15) is 55.8 Å². The van der Waals surface area contributed by atoms with Gasteiger partial charge in [-0.15, -0.1) is 11.3 Å². The Morgan fingerprint density at radius 2 is 1.88 bits per heavy atom. The maximum Gasteiger partial charge on any atom is 0.263 e. The Bertz CT molecular complexity index is 831. The number of aromatic nitrogens is 2. The third-order valence-electron chi connectivity index (χ3n) is 4.90. The van der Waals surface area contributed by atoms with Crippen molar-refractivity contribution in [2.45, 2.75) is 65.8 Å². The van der Waals surface area contributed by atoms with Crippen molar-refractivity contribution >= 4 is 27.5 Å². The molecule has 0 radical (unpaired) electrons. The number of amides is 1. The summed E-state index contributed by atoms with van der Waals surface area (Å²) in [6.45, 7) is 7.54. The lowest BCUT2D eigenvalue weighted by molar-refractivity contribution is -0.132. The number of carbonyl (C=O) groups excluding carboxylic acids is 1. The van der Waals surface area contributed by atoms with E-state index in [1.807, 2.05) is 11.8 Å². The van der Waals surface area contributed by atoms with E-state index in [4.69, 9.17) is 0 Å². The van der Waals surface area contributed by atoms with Crippen LogP contribution in [0.25, 0.3) is 10.2 Å². The first-order valence-electron chi connectivity index (χ1n) is 9.36. The molecule has 2 aromatic rings. The lowest BCUT2D eigenvalue weighted by Crippen LogP contribution is -2.38. The van der Waals surface area contributed by atoms with Crippen LogP contribution < -0.4 is 5.56 Å². The van der Waals surface area contributed by atoms with Gasteiger partial charge in [-0.25, -0.2) is 4.98 Å². The highest BCUT2D eigenvalue weighted by Gasteiger charge is 2.22. The number of fused-ring (bicyclic) bond motifs is 3. The first-order valence-corrected chi connectivity index (χ1v) is 10.2. The van der Waals surface area contributed by atoms with Crippen molar-refractivity contribution in [1.29, 1.82) is 0 Å². The summed E-state index contributed by atoms with van der Waals surface area (Å²) in [6, 6.07) is 0. The molecule has 0 saturated heterocycles. The van der Waals surface area contributed by atoms with Crippen LogP contribution in [0.3, 0.4) is 0 Å². The molecule has 0 spiro atoms. The van der Waals surface area contributed by atoms with Gasteiger partial charge in [-0.1, -0.05) is 13.8 Å². The van der Waals surface area contributed by atoms with Crippen molar-refractivity contribution in [3.05, 3.63) is 26.6 Å². The molecule has 6 heteroatoms. The molecule has 0 fully saturated rings. The molecule has 3 rings (SSSR count). The van der Waals surface area contributed by atoms with Crippen molar-refractivity contribution in [1.82, 2.24) is 14.5 Å². The molecule has 136 valence electrons. The minimum absolute atomic E-state index is 0.0131. The fourth-order valence-electron chi connectivity index (χ4n) is 3.66. The van der Waals surface area contributed by atoms with Crippen molar-refractivity contribution < 1.29 is 4.79 Å². The smallest absolute Gasteiger partial charge is 0.263 e. The van der Waals surface area contributed by atoms with Crippen LogP contribution >= 0.6 is 11.3 Å². The zero-order valence-corrected chi connectivity index (χ0v) is 16.2. The van der Waals surface area contributed by atoms with Gasteiger partial charge in [0.05, 0.1) is 5.39 Å². The van der Waals surface area contributed by atoms with Gasteiger partial charge in [0.1, 0.15) is 17.2 Å².